The highest BCUT2D eigenvalue weighted by molar-refractivity contribution is 6.01. The normalized spacial score (nSPS) is 17.4. The number of carbonyl (C=O) groups is 3. The molecule has 3 N–H and O–H groups in total. The number of hydrogen-bond donors (Lipinski definition) is 3. The summed E-state index contributed by atoms with van der Waals surface area (Å²) in [4.78, 5) is 35.3. The predicted octanol–water partition coefficient (Wildman–Crippen LogP) is 1.02. The van der Waals surface area contributed by atoms with Gasteiger partial charge in [-0.1, -0.05) is 12.1 Å². The van der Waals surface area contributed by atoms with Gasteiger partial charge in [0.2, 0.25) is 11.8 Å². The van der Waals surface area contributed by atoms with Crippen LogP contribution in [0, 0.1) is 5.82 Å². The number of aliphatic carboxylic acids is 1. The number of carboxylic acids is 1. The molecule has 0 bridgehead atoms. The Kier molecular flexibility index (Phi) is 5.64. The van der Waals surface area contributed by atoms with Gasteiger partial charge in [0.1, 0.15) is 5.82 Å². The van der Waals surface area contributed by atoms with Crippen LogP contribution in [0.5, 0.6) is 0 Å². The zero-order chi connectivity index (χ0) is 17.7. The average molecular weight is 336 g/mol. The minimum absolute atomic E-state index is 0.146. The number of halogens is 1. The average Bonchev–Trinajstić information content (AvgIpc) is 2.52. The topological polar surface area (TPSA) is 105 Å². The van der Waals surface area contributed by atoms with Gasteiger partial charge in [0, 0.05) is 12.1 Å². The maximum atomic E-state index is 13.3. The molecule has 2 unspecified atom stereocenters. The van der Waals surface area contributed by atoms with Crippen LogP contribution in [0.2, 0.25) is 0 Å². The number of rotatable bonds is 7. The van der Waals surface area contributed by atoms with Crippen LogP contribution in [0.15, 0.2) is 30.9 Å². The molecule has 7 nitrogen and oxygen atoms in total. The molecule has 0 aliphatic carbocycles. The third kappa shape index (κ3) is 4.17. The first-order valence-corrected chi connectivity index (χ1v) is 7.23. The molecule has 0 spiro atoms. The van der Waals surface area contributed by atoms with Crippen molar-refractivity contribution in [3.8, 4) is 0 Å². The van der Waals surface area contributed by atoms with Crippen LogP contribution >= 0.6 is 0 Å². The fraction of sp³-hybridized carbons (Fsp3) is 0.312. The van der Waals surface area contributed by atoms with Gasteiger partial charge in [-0.3, -0.25) is 9.59 Å². The van der Waals surface area contributed by atoms with Gasteiger partial charge in [-0.05, 0) is 17.7 Å². The first-order chi connectivity index (χ1) is 11.4. The molecule has 1 heterocycles. The minimum Gasteiger partial charge on any atom is -0.480 e. The zero-order valence-electron chi connectivity index (χ0n) is 12.8. The van der Waals surface area contributed by atoms with Gasteiger partial charge in [0.05, 0.1) is 19.1 Å². The van der Waals surface area contributed by atoms with Gasteiger partial charge in [-0.15, -0.1) is 6.58 Å². The van der Waals surface area contributed by atoms with Crippen molar-refractivity contribution in [1.29, 1.82) is 0 Å². The Morgan fingerprint density at radius 1 is 1.54 bits per heavy atom. The molecule has 0 fully saturated rings. The summed E-state index contributed by atoms with van der Waals surface area (Å²) in [6, 6.07) is 2.44. The van der Waals surface area contributed by atoms with Crippen molar-refractivity contribution in [3.63, 3.8) is 0 Å². The lowest BCUT2D eigenvalue weighted by Crippen LogP contribution is -2.47. The van der Waals surface area contributed by atoms with E-state index in [2.05, 4.69) is 17.2 Å². The van der Waals surface area contributed by atoms with Crippen molar-refractivity contribution < 1.29 is 28.6 Å². The molecule has 128 valence electrons. The first-order valence-electron chi connectivity index (χ1n) is 7.23. The van der Waals surface area contributed by atoms with E-state index in [9.17, 15) is 18.8 Å². The van der Waals surface area contributed by atoms with Crippen molar-refractivity contribution in [2.24, 2.45) is 0 Å². The lowest BCUT2D eigenvalue weighted by molar-refractivity contribution is -0.143. The molecule has 2 atom stereocenters. The molecule has 0 saturated carbocycles. The van der Waals surface area contributed by atoms with Crippen LogP contribution in [-0.4, -0.2) is 42.1 Å². The van der Waals surface area contributed by atoms with Gasteiger partial charge < -0.3 is 20.5 Å². The Labute approximate surface area is 137 Å². The number of carbonyl (C=O) groups excluding carboxylic acids is 2. The van der Waals surface area contributed by atoms with Crippen molar-refractivity contribution in [3.05, 3.63) is 42.2 Å². The number of anilines is 1. The molecule has 0 saturated heterocycles. The summed E-state index contributed by atoms with van der Waals surface area (Å²) < 4.78 is 18.3. The van der Waals surface area contributed by atoms with Gasteiger partial charge in [0.25, 0.3) is 0 Å². The quantitative estimate of drug-likeness (QED) is 0.509. The molecule has 0 radical (unpaired) electrons. The molecule has 2 amide bonds. The molecule has 8 heteroatoms. The molecule has 1 aromatic rings. The Balaban J connectivity index is 2.15. The van der Waals surface area contributed by atoms with Crippen LogP contribution in [-0.2, 0) is 19.1 Å². The van der Waals surface area contributed by atoms with E-state index in [1.807, 2.05) is 0 Å². The van der Waals surface area contributed by atoms with E-state index in [0.717, 1.165) is 6.07 Å². The smallest absolute Gasteiger partial charge is 0.328 e. The highest BCUT2D eigenvalue weighted by Gasteiger charge is 2.33. The van der Waals surface area contributed by atoms with Gasteiger partial charge >= 0.3 is 5.97 Å². The Morgan fingerprint density at radius 3 is 2.96 bits per heavy atom. The molecule has 0 aromatic heterocycles. The summed E-state index contributed by atoms with van der Waals surface area (Å²) in [5, 5.41) is 14.0. The van der Waals surface area contributed by atoms with Crippen molar-refractivity contribution in [1.82, 2.24) is 5.32 Å². The second-order valence-electron chi connectivity index (χ2n) is 5.26. The molecular formula is C16H17FN2O5. The molecule has 1 aliphatic heterocycles. The van der Waals surface area contributed by atoms with E-state index in [1.165, 1.54) is 18.2 Å². The predicted molar refractivity (Wildman–Crippen MR) is 83.0 cm³/mol. The van der Waals surface area contributed by atoms with E-state index < -0.39 is 35.6 Å². The van der Waals surface area contributed by atoms with Crippen molar-refractivity contribution >= 4 is 23.5 Å². The van der Waals surface area contributed by atoms with E-state index in [-0.39, 0.29) is 25.3 Å². The number of fused-ring (bicyclic) bond motifs is 1. The summed E-state index contributed by atoms with van der Waals surface area (Å²) in [5.41, 5.74) is 0.644. The molecule has 24 heavy (non-hydrogen) atoms. The highest BCUT2D eigenvalue weighted by Crippen LogP contribution is 2.32. The zero-order valence-corrected chi connectivity index (χ0v) is 12.8. The molecular weight excluding hydrogens is 319 g/mol. The van der Waals surface area contributed by atoms with Crippen LogP contribution in [0.3, 0.4) is 0 Å². The monoisotopic (exact) mass is 336 g/mol. The van der Waals surface area contributed by atoms with Crippen LogP contribution in [0.1, 0.15) is 17.9 Å². The summed E-state index contributed by atoms with van der Waals surface area (Å²) in [6.45, 7) is 3.35. The van der Waals surface area contributed by atoms with Gasteiger partial charge in [0.15, 0.2) is 6.04 Å². The van der Waals surface area contributed by atoms with E-state index in [0.29, 0.717) is 5.56 Å². The van der Waals surface area contributed by atoms with Crippen LogP contribution in [0.4, 0.5) is 10.1 Å². The van der Waals surface area contributed by atoms with Gasteiger partial charge in [-0.2, -0.15) is 0 Å². The third-order valence-corrected chi connectivity index (χ3v) is 3.51. The summed E-state index contributed by atoms with van der Waals surface area (Å²) in [6.07, 6.45) is 1.31. The fourth-order valence-corrected chi connectivity index (χ4v) is 2.39. The standard InChI is InChI=1S/C16H17FN2O5/c1-2-5-24-8-13(16(22)23)19-15(21)11-7-14(20)18-12-6-9(17)3-4-10(11)12/h2-4,6,11,13H,1,5,7-8H2,(H,18,20)(H,19,21)(H,22,23). The van der Waals surface area contributed by atoms with Gasteiger partial charge in [-0.25, -0.2) is 9.18 Å². The minimum atomic E-state index is -1.26. The van der Waals surface area contributed by atoms with Crippen LogP contribution < -0.4 is 10.6 Å². The maximum absolute atomic E-state index is 13.3. The number of nitrogens with one attached hydrogen (secondary N) is 2. The second-order valence-corrected chi connectivity index (χ2v) is 5.26. The Morgan fingerprint density at radius 2 is 2.29 bits per heavy atom. The van der Waals surface area contributed by atoms with Crippen molar-refractivity contribution in [2.45, 2.75) is 18.4 Å². The van der Waals surface area contributed by atoms with E-state index >= 15 is 0 Å². The van der Waals surface area contributed by atoms with E-state index in [1.54, 1.807) is 0 Å². The summed E-state index contributed by atoms with van der Waals surface area (Å²) in [7, 11) is 0. The number of benzene rings is 1. The number of ether oxygens (including phenoxy) is 1. The largest absolute Gasteiger partial charge is 0.480 e. The summed E-state index contributed by atoms with van der Waals surface area (Å²) >= 11 is 0. The Bertz CT molecular complexity index is 676. The molecule has 1 aliphatic rings. The highest BCUT2D eigenvalue weighted by atomic mass is 19.1. The third-order valence-electron chi connectivity index (χ3n) is 3.51. The second kappa shape index (κ2) is 7.69. The number of hydrogen-bond acceptors (Lipinski definition) is 4. The first kappa shape index (κ1) is 17.6. The fourth-order valence-electron chi connectivity index (χ4n) is 2.39. The molecule has 1 aromatic carbocycles. The van der Waals surface area contributed by atoms with Crippen molar-refractivity contribution in [2.75, 3.05) is 18.5 Å². The lowest BCUT2D eigenvalue weighted by Gasteiger charge is -2.26. The molecule has 2 rings (SSSR count). The Hall–Kier alpha value is -2.74. The lowest BCUT2D eigenvalue weighted by atomic mass is 9.89. The number of amides is 2. The van der Waals surface area contributed by atoms with Crippen LogP contribution in [0.25, 0.3) is 0 Å². The van der Waals surface area contributed by atoms with E-state index in [4.69, 9.17) is 9.84 Å². The number of carboxylic acid groups (broad SMARTS) is 1. The summed E-state index contributed by atoms with van der Waals surface area (Å²) in [5.74, 6) is -3.77. The SMILES string of the molecule is C=CCOCC(NC(=O)C1CC(=O)Nc2cc(F)ccc21)C(=O)O. The maximum Gasteiger partial charge on any atom is 0.328 e.